The van der Waals surface area contributed by atoms with Crippen LogP contribution in [0.4, 0.5) is 33.4 Å². The van der Waals surface area contributed by atoms with Gasteiger partial charge in [-0.3, -0.25) is 0 Å². The van der Waals surface area contributed by atoms with E-state index >= 15 is 0 Å². The van der Waals surface area contributed by atoms with Crippen molar-refractivity contribution < 1.29 is 0 Å². The van der Waals surface area contributed by atoms with Gasteiger partial charge in [-0.1, -0.05) is 167 Å². The highest BCUT2D eigenvalue weighted by atomic mass is 32.1. The number of benzene rings is 7. The van der Waals surface area contributed by atoms with E-state index in [9.17, 15) is 0 Å². The molecule has 7 aromatic carbocycles. The van der Waals surface area contributed by atoms with Crippen molar-refractivity contribution in [1.29, 1.82) is 0 Å². The smallest absolute Gasteiger partial charge is 0.254 e. The molecule has 0 saturated carbocycles. The summed E-state index contributed by atoms with van der Waals surface area (Å²) >= 11 is 3.81. The number of hydrogen-bond donors (Lipinski definition) is 0. The number of thiophene rings is 2. The third kappa shape index (κ3) is 7.18. The van der Waals surface area contributed by atoms with Gasteiger partial charge < -0.3 is 9.80 Å². The average Bonchev–Trinajstić information content (AvgIpc) is 3.90. The van der Waals surface area contributed by atoms with Crippen LogP contribution in [0.3, 0.4) is 0 Å². The second-order valence-electron chi connectivity index (χ2n) is 23.0. The van der Waals surface area contributed by atoms with Gasteiger partial charge in [0.15, 0.2) is 0 Å². The largest absolute Gasteiger partial charge is 0.311 e. The second-order valence-corrected chi connectivity index (χ2v) is 24.9. The van der Waals surface area contributed by atoms with E-state index in [0.717, 1.165) is 0 Å². The van der Waals surface area contributed by atoms with Crippen molar-refractivity contribution in [3.05, 3.63) is 172 Å². The van der Waals surface area contributed by atoms with E-state index < -0.39 is 0 Å². The van der Waals surface area contributed by atoms with E-state index in [0.29, 0.717) is 5.92 Å². The van der Waals surface area contributed by atoms with E-state index in [1.165, 1.54) is 126 Å². The highest BCUT2D eigenvalue weighted by Crippen LogP contribution is 2.52. The number of nitrogens with zero attached hydrogens (tertiary/aromatic N) is 2. The molecule has 2 nitrogen and oxygen atoms in total. The minimum Gasteiger partial charge on any atom is -0.311 e. The maximum atomic E-state index is 2.70. The molecule has 2 aliphatic heterocycles. The molecule has 2 aliphatic rings. The first kappa shape index (κ1) is 44.6. The van der Waals surface area contributed by atoms with Gasteiger partial charge >= 0.3 is 0 Å². The van der Waals surface area contributed by atoms with Crippen LogP contribution < -0.4 is 26.2 Å². The van der Waals surface area contributed by atoms with Crippen molar-refractivity contribution in [2.24, 2.45) is 0 Å². The standard InChI is InChI=1S/C63H63BN2S2/c1-37(2)42-32-53-58-54(33-42)66(59-38(3)29-45(30-39(59)4)63(11,12)13)60-57(48-35-44(62(8,9)10)25-28-56(48)68-60)64(58)50-26-23-41(49-36-67-55-22-18-17-21-46(49)55)31-52(50)65(53)51-27-24-43(61(5,6)7)34-47(51)40-19-15-14-16-20-40/h14-37H,1-13H3. The third-order valence-electron chi connectivity index (χ3n) is 14.8. The number of anilines is 6. The van der Waals surface area contributed by atoms with E-state index in [1.54, 1.807) is 0 Å². The lowest BCUT2D eigenvalue weighted by atomic mass is 9.33. The molecule has 0 N–H and O–H groups in total. The Labute approximate surface area is 413 Å². The molecule has 0 amide bonds. The Balaban J connectivity index is 1.30. The SMILES string of the molecule is Cc1cc(C(C)(C)C)cc(C)c1N1c2cc(C(C)C)cc3c2B(c2ccc(-c4csc5ccccc45)cc2N3c2ccc(C(C)(C)C)cc2-c2ccccc2)c2c1sc1ccc(C(C)(C)C)cc21. The third-order valence-corrected chi connectivity index (χ3v) is 16.9. The van der Waals surface area contributed by atoms with Gasteiger partial charge in [-0.15, -0.1) is 22.7 Å². The van der Waals surface area contributed by atoms with Crippen LogP contribution in [0.5, 0.6) is 0 Å². The molecular formula is C63H63BN2S2. The summed E-state index contributed by atoms with van der Waals surface area (Å²) in [5.74, 6) is 0.295. The Bertz CT molecular complexity index is 3450. The lowest BCUT2D eigenvalue weighted by Gasteiger charge is -2.45. The van der Waals surface area contributed by atoms with Crippen molar-refractivity contribution in [2.45, 2.75) is 112 Å². The molecule has 11 rings (SSSR count). The van der Waals surface area contributed by atoms with Crippen molar-refractivity contribution in [3.8, 4) is 22.3 Å². The second kappa shape index (κ2) is 15.8. The zero-order valence-corrected chi connectivity index (χ0v) is 43.8. The molecule has 0 spiro atoms. The van der Waals surface area contributed by atoms with Crippen LogP contribution in [0.1, 0.15) is 115 Å². The highest BCUT2D eigenvalue weighted by Gasteiger charge is 2.47. The Morgan fingerprint density at radius 3 is 1.79 bits per heavy atom. The summed E-state index contributed by atoms with van der Waals surface area (Å²) in [7, 11) is 0. The van der Waals surface area contributed by atoms with E-state index in [1.807, 2.05) is 22.7 Å². The molecule has 5 heteroatoms. The molecule has 0 radical (unpaired) electrons. The summed E-state index contributed by atoms with van der Waals surface area (Å²) in [6, 6.07) is 52.0. The number of aryl methyl sites for hydroxylation is 2. The minimum atomic E-state index is -0.0298. The molecule has 0 bridgehead atoms. The monoisotopic (exact) mass is 922 g/mol. The van der Waals surface area contributed by atoms with Gasteiger partial charge in [-0.25, -0.2) is 0 Å². The fourth-order valence-electron chi connectivity index (χ4n) is 11.0. The summed E-state index contributed by atoms with van der Waals surface area (Å²) in [6.45, 7) is 30.5. The summed E-state index contributed by atoms with van der Waals surface area (Å²) in [5, 5.41) is 6.37. The first-order valence-corrected chi connectivity index (χ1v) is 26.2. The predicted octanol–water partition coefficient (Wildman–Crippen LogP) is 17.2. The summed E-state index contributed by atoms with van der Waals surface area (Å²) in [5.41, 5.74) is 23.4. The lowest BCUT2D eigenvalue weighted by molar-refractivity contribution is 0.589. The zero-order chi connectivity index (χ0) is 47.8. The number of rotatable bonds is 5. The first-order valence-electron chi connectivity index (χ1n) is 24.5. The Kier molecular flexibility index (Phi) is 10.4. The Morgan fingerprint density at radius 1 is 0.485 bits per heavy atom. The molecule has 9 aromatic rings. The topological polar surface area (TPSA) is 6.48 Å². The van der Waals surface area contributed by atoms with Crippen LogP contribution in [0, 0.1) is 13.8 Å². The molecule has 0 fully saturated rings. The zero-order valence-electron chi connectivity index (χ0n) is 42.1. The van der Waals surface area contributed by atoms with Crippen molar-refractivity contribution in [3.63, 3.8) is 0 Å². The van der Waals surface area contributed by atoms with Crippen LogP contribution >= 0.6 is 22.7 Å². The maximum absolute atomic E-state index is 2.70. The van der Waals surface area contributed by atoms with Gasteiger partial charge in [-0.05, 0) is 150 Å². The van der Waals surface area contributed by atoms with Crippen LogP contribution in [-0.4, -0.2) is 6.71 Å². The molecular weight excluding hydrogens is 860 g/mol. The van der Waals surface area contributed by atoms with Gasteiger partial charge in [0.1, 0.15) is 0 Å². The maximum Gasteiger partial charge on any atom is 0.254 e. The van der Waals surface area contributed by atoms with E-state index in [2.05, 4.69) is 239 Å². The minimum absolute atomic E-state index is 0.000524. The molecule has 68 heavy (non-hydrogen) atoms. The normalized spacial score (nSPS) is 13.7. The molecule has 340 valence electrons. The Hall–Kier alpha value is -5.88. The summed E-state index contributed by atoms with van der Waals surface area (Å²) in [4.78, 5) is 5.37. The van der Waals surface area contributed by atoms with E-state index in [4.69, 9.17) is 0 Å². The quantitative estimate of drug-likeness (QED) is 0.159. The van der Waals surface area contributed by atoms with Gasteiger partial charge in [0.05, 0.1) is 16.4 Å². The fraction of sp³-hybridized carbons (Fsp3) is 0.270. The molecule has 0 atom stereocenters. The molecule has 0 aliphatic carbocycles. The van der Waals surface area contributed by atoms with Crippen molar-refractivity contribution >= 4 is 99.4 Å². The first-order chi connectivity index (χ1) is 32.3. The van der Waals surface area contributed by atoms with Gasteiger partial charge in [0, 0.05) is 43.0 Å². The van der Waals surface area contributed by atoms with Gasteiger partial charge in [0.25, 0.3) is 6.71 Å². The van der Waals surface area contributed by atoms with Gasteiger partial charge in [-0.2, -0.15) is 0 Å². The predicted molar refractivity (Wildman–Crippen MR) is 302 cm³/mol. The highest BCUT2D eigenvalue weighted by molar-refractivity contribution is 7.26. The van der Waals surface area contributed by atoms with Crippen molar-refractivity contribution in [2.75, 3.05) is 9.80 Å². The van der Waals surface area contributed by atoms with Crippen LogP contribution in [0.2, 0.25) is 0 Å². The lowest BCUT2D eigenvalue weighted by Crippen LogP contribution is -2.61. The fourth-order valence-corrected chi connectivity index (χ4v) is 13.2. The van der Waals surface area contributed by atoms with Crippen molar-refractivity contribution in [1.82, 2.24) is 0 Å². The number of fused-ring (bicyclic) bond motifs is 7. The molecule has 2 aromatic heterocycles. The van der Waals surface area contributed by atoms with Gasteiger partial charge in [0.2, 0.25) is 0 Å². The van der Waals surface area contributed by atoms with Crippen LogP contribution in [0.25, 0.3) is 42.4 Å². The summed E-state index contributed by atoms with van der Waals surface area (Å²) < 4.78 is 2.65. The van der Waals surface area contributed by atoms with Crippen LogP contribution in [-0.2, 0) is 16.2 Å². The molecule has 0 unspecified atom stereocenters. The molecule has 4 heterocycles. The average molecular weight is 923 g/mol. The van der Waals surface area contributed by atoms with Crippen LogP contribution in [0.15, 0.2) is 139 Å². The Morgan fingerprint density at radius 2 is 1.12 bits per heavy atom. The number of hydrogen-bond acceptors (Lipinski definition) is 4. The summed E-state index contributed by atoms with van der Waals surface area (Å²) in [6.07, 6.45) is 0. The molecule has 0 saturated heterocycles. The van der Waals surface area contributed by atoms with E-state index in [-0.39, 0.29) is 23.0 Å².